The number of hydrogen-bond acceptors (Lipinski definition) is 3. The van der Waals surface area contributed by atoms with E-state index in [2.05, 4.69) is 43.3 Å². The van der Waals surface area contributed by atoms with Crippen LogP contribution in [-0.2, 0) is 12.3 Å². The lowest BCUT2D eigenvalue weighted by Gasteiger charge is -2.08. The van der Waals surface area contributed by atoms with Crippen LogP contribution >= 0.6 is 39.3 Å². The van der Waals surface area contributed by atoms with Gasteiger partial charge in [0.15, 0.2) is 11.0 Å². The Hall–Kier alpha value is -1.56. The number of rotatable bonds is 6. The highest BCUT2D eigenvalue weighted by Crippen LogP contribution is 2.27. The molecule has 0 radical (unpaired) electrons. The lowest BCUT2D eigenvalue weighted by molar-refractivity contribution is 0.731. The molecule has 0 atom stereocenters. The van der Waals surface area contributed by atoms with Gasteiger partial charge >= 0.3 is 0 Å². The van der Waals surface area contributed by atoms with Gasteiger partial charge in [-0.1, -0.05) is 69.6 Å². The minimum Gasteiger partial charge on any atom is -0.298 e. The lowest BCUT2D eigenvalue weighted by Crippen LogP contribution is -2.00. The van der Waals surface area contributed by atoms with E-state index in [1.165, 1.54) is 0 Å². The third-order valence-corrected chi connectivity index (χ3v) is 5.19. The van der Waals surface area contributed by atoms with Gasteiger partial charge in [0, 0.05) is 27.4 Å². The molecule has 0 saturated carbocycles. The second kappa shape index (κ2) is 8.01. The fourth-order valence-corrected chi connectivity index (χ4v) is 3.64. The quantitative estimate of drug-likeness (QED) is 0.371. The van der Waals surface area contributed by atoms with Crippen LogP contribution in [0.15, 0.2) is 70.8 Å². The van der Waals surface area contributed by atoms with Crippen LogP contribution in [0.5, 0.6) is 0 Å². The Morgan fingerprint density at radius 1 is 1.17 bits per heavy atom. The Labute approximate surface area is 158 Å². The number of aromatic nitrogens is 3. The third-order valence-electron chi connectivity index (χ3n) is 3.39. The molecule has 0 saturated heterocycles. The summed E-state index contributed by atoms with van der Waals surface area (Å²) in [6.07, 6.45) is 1.86. The molecule has 1 aromatic heterocycles. The number of thioether (sulfide) groups is 1. The summed E-state index contributed by atoms with van der Waals surface area (Å²) in [5.41, 5.74) is 2.19. The van der Waals surface area contributed by atoms with Gasteiger partial charge < -0.3 is 0 Å². The Morgan fingerprint density at radius 2 is 1.96 bits per heavy atom. The van der Waals surface area contributed by atoms with Crippen molar-refractivity contribution in [1.82, 2.24) is 14.8 Å². The largest absolute Gasteiger partial charge is 0.298 e. The Morgan fingerprint density at radius 3 is 2.67 bits per heavy atom. The number of allylic oxidation sites excluding steroid dienone is 1. The molecule has 3 aromatic rings. The van der Waals surface area contributed by atoms with E-state index < -0.39 is 0 Å². The summed E-state index contributed by atoms with van der Waals surface area (Å²) >= 11 is 11.1. The molecule has 3 rings (SSSR count). The van der Waals surface area contributed by atoms with Crippen molar-refractivity contribution in [2.24, 2.45) is 0 Å². The molecule has 0 spiro atoms. The normalized spacial score (nSPS) is 10.8. The van der Waals surface area contributed by atoms with Gasteiger partial charge in [-0.3, -0.25) is 4.57 Å². The number of benzene rings is 2. The Bertz CT molecular complexity index is 846. The molecular formula is C18H15BrClN3S. The summed E-state index contributed by atoms with van der Waals surface area (Å²) in [6.45, 7) is 4.51. The first-order chi connectivity index (χ1) is 11.7. The average Bonchev–Trinajstić information content (AvgIpc) is 2.97. The smallest absolute Gasteiger partial charge is 0.192 e. The minimum atomic E-state index is 0.663. The minimum absolute atomic E-state index is 0.663. The van der Waals surface area contributed by atoms with E-state index in [0.29, 0.717) is 6.54 Å². The van der Waals surface area contributed by atoms with Crippen molar-refractivity contribution < 1.29 is 0 Å². The van der Waals surface area contributed by atoms with Crippen molar-refractivity contribution in [3.05, 3.63) is 76.2 Å². The summed E-state index contributed by atoms with van der Waals surface area (Å²) in [5.74, 6) is 1.63. The van der Waals surface area contributed by atoms with Gasteiger partial charge in [-0.05, 0) is 29.8 Å². The summed E-state index contributed by atoms with van der Waals surface area (Å²) in [7, 11) is 0. The van der Waals surface area contributed by atoms with Crippen molar-refractivity contribution in [3.63, 3.8) is 0 Å². The van der Waals surface area contributed by atoms with Crippen LogP contribution in [0.4, 0.5) is 0 Å². The zero-order valence-electron chi connectivity index (χ0n) is 12.8. The molecule has 0 amide bonds. The molecule has 3 nitrogen and oxygen atoms in total. The Kier molecular flexibility index (Phi) is 5.76. The number of halogens is 2. The van der Waals surface area contributed by atoms with E-state index in [-0.39, 0.29) is 0 Å². The van der Waals surface area contributed by atoms with Crippen molar-refractivity contribution in [3.8, 4) is 11.4 Å². The first-order valence-corrected chi connectivity index (χ1v) is 9.50. The molecule has 6 heteroatoms. The fourth-order valence-electron chi connectivity index (χ4n) is 2.28. The molecule has 0 aliphatic heterocycles. The van der Waals surface area contributed by atoms with E-state index in [1.54, 1.807) is 11.8 Å². The van der Waals surface area contributed by atoms with Gasteiger partial charge in [-0.2, -0.15) is 0 Å². The zero-order valence-corrected chi connectivity index (χ0v) is 16.0. The second-order valence-corrected chi connectivity index (χ2v) is 7.43. The van der Waals surface area contributed by atoms with E-state index in [1.807, 2.05) is 48.5 Å². The van der Waals surface area contributed by atoms with Crippen molar-refractivity contribution in [1.29, 1.82) is 0 Å². The van der Waals surface area contributed by atoms with Crippen molar-refractivity contribution in [2.45, 2.75) is 17.5 Å². The van der Waals surface area contributed by atoms with Gasteiger partial charge in [-0.15, -0.1) is 16.8 Å². The highest BCUT2D eigenvalue weighted by Gasteiger charge is 2.13. The van der Waals surface area contributed by atoms with E-state index in [0.717, 1.165) is 37.4 Å². The molecule has 1 heterocycles. The molecule has 0 unspecified atom stereocenters. The van der Waals surface area contributed by atoms with Crippen molar-refractivity contribution in [2.75, 3.05) is 0 Å². The zero-order chi connectivity index (χ0) is 16.9. The van der Waals surface area contributed by atoms with E-state index in [4.69, 9.17) is 11.6 Å². The van der Waals surface area contributed by atoms with Gasteiger partial charge in [-0.25, -0.2) is 0 Å². The molecule has 0 bridgehead atoms. The number of hydrogen-bond donors (Lipinski definition) is 0. The maximum atomic E-state index is 6.04. The first kappa shape index (κ1) is 17.3. The molecule has 122 valence electrons. The molecule has 0 fully saturated rings. The van der Waals surface area contributed by atoms with Gasteiger partial charge in [0.25, 0.3) is 0 Å². The Balaban J connectivity index is 1.85. The van der Waals surface area contributed by atoms with Crippen LogP contribution in [0.25, 0.3) is 11.4 Å². The molecule has 0 N–H and O–H groups in total. The molecule has 0 aliphatic rings. The summed E-state index contributed by atoms with van der Waals surface area (Å²) in [6, 6.07) is 15.9. The second-order valence-electron chi connectivity index (χ2n) is 5.13. The first-order valence-electron chi connectivity index (χ1n) is 7.34. The van der Waals surface area contributed by atoms with Gasteiger partial charge in [0.2, 0.25) is 0 Å². The van der Waals surface area contributed by atoms with Gasteiger partial charge in [0.1, 0.15) is 0 Å². The van der Waals surface area contributed by atoms with Gasteiger partial charge in [0.05, 0.1) is 0 Å². The molecule has 2 aromatic carbocycles. The van der Waals surface area contributed by atoms with Crippen LogP contribution < -0.4 is 0 Å². The summed E-state index contributed by atoms with van der Waals surface area (Å²) < 4.78 is 3.11. The van der Waals surface area contributed by atoms with Crippen LogP contribution in [0.2, 0.25) is 5.02 Å². The predicted octanol–water partition coefficient (Wildman–Crippen LogP) is 5.84. The fraction of sp³-hybridized carbons (Fsp3) is 0.111. The highest BCUT2D eigenvalue weighted by atomic mass is 79.9. The maximum Gasteiger partial charge on any atom is 0.192 e. The SMILES string of the molecule is C=CCn1c(SCc2cccc(Cl)c2)nnc1-c1ccc(Br)cc1. The maximum absolute atomic E-state index is 6.04. The standard InChI is InChI=1S/C18H15BrClN3S/c1-2-10-23-17(14-6-8-15(19)9-7-14)21-22-18(23)24-12-13-4-3-5-16(20)11-13/h2-9,11H,1,10,12H2. The molecule has 0 aliphatic carbocycles. The van der Waals surface area contributed by atoms with Crippen molar-refractivity contribution >= 4 is 39.3 Å². The lowest BCUT2D eigenvalue weighted by atomic mass is 10.2. The predicted molar refractivity (Wildman–Crippen MR) is 104 cm³/mol. The topological polar surface area (TPSA) is 30.7 Å². The third kappa shape index (κ3) is 4.09. The van der Waals surface area contributed by atoms with E-state index >= 15 is 0 Å². The summed E-state index contributed by atoms with van der Waals surface area (Å²) in [4.78, 5) is 0. The number of nitrogens with zero attached hydrogens (tertiary/aromatic N) is 3. The van der Waals surface area contributed by atoms with Crippen LogP contribution in [0.1, 0.15) is 5.56 Å². The monoisotopic (exact) mass is 419 g/mol. The van der Waals surface area contributed by atoms with E-state index in [9.17, 15) is 0 Å². The van der Waals surface area contributed by atoms with Crippen LogP contribution in [-0.4, -0.2) is 14.8 Å². The summed E-state index contributed by atoms with van der Waals surface area (Å²) in [5, 5.41) is 10.3. The van der Waals surface area contributed by atoms with Crippen LogP contribution in [0, 0.1) is 0 Å². The molecule has 24 heavy (non-hydrogen) atoms. The average molecular weight is 421 g/mol. The molecular weight excluding hydrogens is 406 g/mol. The highest BCUT2D eigenvalue weighted by molar-refractivity contribution is 9.10. The van der Waals surface area contributed by atoms with Crippen LogP contribution in [0.3, 0.4) is 0 Å².